The van der Waals surface area contributed by atoms with Crippen LogP contribution < -0.4 is 14.8 Å². The van der Waals surface area contributed by atoms with E-state index < -0.39 is 0 Å². The Labute approximate surface area is 147 Å². The number of likely N-dealkylation sites (tertiary alicyclic amines) is 1. The third kappa shape index (κ3) is 3.77. The first-order valence-electron chi connectivity index (χ1n) is 8.72. The molecule has 0 amide bonds. The number of nitrogens with zero attached hydrogens (tertiary/aromatic N) is 1. The summed E-state index contributed by atoms with van der Waals surface area (Å²) in [5, 5.41) is 3.36. The Bertz CT molecular complexity index is 742. The summed E-state index contributed by atoms with van der Waals surface area (Å²) in [6, 6.07) is 15.6. The average Bonchev–Trinajstić information content (AvgIpc) is 3.08. The number of para-hydroxylation sites is 1. The van der Waals surface area contributed by atoms with E-state index in [0.717, 1.165) is 37.6 Å². The Hall–Kier alpha value is -2.53. The Balaban J connectivity index is 1.20. The van der Waals surface area contributed by atoms with Crippen molar-refractivity contribution in [2.75, 3.05) is 38.1 Å². The minimum atomic E-state index is 0.0899. The molecule has 0 saturated carbocycles. The van der Waals surface area contributed by atoms with Gasteiger partial charge in [0.2, 0.25) is 0 Å². The lowest BCUT2D eigenvalue weighted by Gasteiger charge is -2.38. The first-order valence-corrected chi connectivity index (χ1v) is 8.72. The predicted octanol–water partition coefficient (Wildman–Crippen LogP) is 2.37. The van der Waals surface area contributed by atoms with Crippen molar-refractivity contribution in [3.63, 3.8) is 0 Å². The summed E-state index contributed by atoms with van der Waals surface area (Å²) in [6.07, 6.45) is 1.17. The standard InChI is InChI=1S/C20H22N2O3/c23-15(14-24-16-5-2-1-3-6-16)11-22-12-17(13-22)25-20-8-4-7-19-18(20)9-10-21-19/h1-8,17,21H,9-14H2. The summed E-state index contributed by atoms with van der Waals surface area (Å²) in [4.78, 5) is 14.1. The number of ketones is 1. The molecule has 2 aliphatic rings. The van der Waals surface area contributed by atoms with Crippen molar-refractivity contribution in [2.45, 2.75) is 12.5 Å². The second-order valence-corrected chi connectivity index (χ2v) is 6.53. The molecule has 0 atom stereocenters. The molecule has 1 saturated heterocycles. The molecule has 25 heavy (non-hydrogen) atoms. The van der Waals surface area contributed by atoms with Gasteiger partial charge < -0.3 is 14.8 Å². The Morgan fingerprint density at radius 2 is 1.96 bits per heavy atom. The number of carbonyl (C=O) groups excluding carboxylic acids is 1. The SMILES string of the molecule is O=C(COc1ccccc1)CN1CC(Oc2cccc3c2CCN3)C1. The highest BCUT2D eigenvalue weighted by molar-refractivity contribution is 5.82. The molecule has 130 valence electrons. The van der Waals surface area contributed by atoms with Crippen molar-refractivity contribution in [3.05, 3.63) is 54.1 Å². The van der Waals surface area contributed by atoms with Gasteiger partial charge in [-0.05, 0) is 30.7 Å². The number of nitrogens with one attached hydrogen (secondary N) is 1. The molecule has 2 aliphatic heterocycles. The number of benzene rings is 2. The summed E-state index contributed by atoms with van der Waals surface area (Å²) in [5.74, 6) is 1.80. The lowest BCUT2D eigenvalue weighted by molar-refractivity contribution is -0.124. The van der Waals surface area contributed by atoms with Gasteiger partial charge in [-0.1, -0.05) is 24.3 Å². The predicted molar refractivity (Wildman–Crippen MR) is 96.4 cm³/mol. The van der Waals surface area contributed by atoms with E-state index in [1.54, 1.807) is 0 Å². The van der Waals surface area contributed by atoms with Crippen LogP contribution in [0.4, 0.5) is 5.69 Å². The number of hydrogen-bond acceptors (Lipinski definition) is 5. The van der Waals surface area contributed by atoms with E-state index >= 15 is 0 Å². The van der Waals surface area contributed by atoms with Crippen LogP contribution in [-0.2, 0) is 11.2 Å². The zero-order valence-electron chi connectivity index (χ0n) is 14.1. The molecule has 4 rings (SSSR count). The second kappa shape index (κ2) is 7.15. The van der Waals surface area contributed by atoms with E-state index in [1.807, 2.05) is 42.5 Å². The van der Waals surface area contributed by atoms with E-state index in [1.165, 1.54) is 11.3 Å². The lowest BCUT2D eigenvalue weighted by atomic mass is 10.1. The van der Waals surface area contributed by atoms with E-state index in [0.29, 0.717) is 6.54 Å². The van der Waals surface area contributed by atoms with Gasteiger partial charge in [0.1, 0.15) is 24.2 Å². The normalized spacial score (nSPS) is 16.6. The van der Waals surface area contributed by atoms with Crippen LogP contribution >= 0.6 is 0 Å². The molecular weight excluding hydrogens is 316 g/mol. The second-order valence-electron chi connectivity index (χ2n) is 6.53. The minimum absolute atomic E-state index is 0.0899. The smallest absolute Gasteiger partial charge is 0.184 e. The van der Waals surface area contributed by atoms with Crippen molar-refractivity contribution >= 4 is 11.5 Å². The zero-order chi connectivity index (χ0) is 17.1. The van der Waals surface area contributed by atoms with E-state index in [9.17, 15) is 4.79 Å². The highest BCUT2D eigenvalue weighted by Gasteiger charge is 2.30. The molecule has 0 unspecified atom stereocenters. The Morgan fingerprint density at radius 3 is 2.80 bits per heavy atom. The van der Waals surface area contributed by atoms with Crippen LogP contribution in [0.2, 0.25) is 0 Å². The molecule has 2 aromatic carbocycles. The molecule has 0 radical (unpaired) electrons. The van der Waals surface area contributed by atoms with Gasteiger partial charge in [-0.15, -0.1) is 0 Å². The first-order chi connectivity index (χ1) is 12.3. The monoisotopic (exact) mass is 338 g/mol. The molecule has 0 aliphatic carbocycles. The number of anilines is 1. The highest BCUT2D eigenvalue weighted by atomic mass is 16.5. The van der Waals surface area contributed by atoms with Crippen molar-refractivity contribution in [3.8, 4) is 11.5 Å². The van der Waals surface area contributed by atoms with E-state index in [4.69, 9.17) is 9.47 Å². The number of Topliss-reactive ketones (excluding diaryl/α,β-unsaturated/α-hetero) is 1. The van der Waals surface area contributed by atoms with E-state index in [-0.39, 0.29) is 18.5 Å². The molecule has 5 nitrogen and oxygen atoms in total. The van der Waals surface area contributed by atoms with Gasteiger partial charge in [-0.25, -0.2) is 0 Å². The summed E-state index contributed by atoms with van der Waals surface area (Å²) < 4.78 is 11.6. The lowest BCUT2D eigenvalue weighted by Crippen LogP contribution is -2.55. The first kappa shape index (κ1) is 16.0. The van der Waals surface area contributed by atoms with Gasteiger partial charge in [0.05, 0.1) is 6.54 Å². The van der Waals surface area contributed by atoms with Gasteiger partial charge in [-0.3, -0.25) is 9.69 Å². The van der Waals surface area contributed by atoms with Crippen LogP contribution in [0.25, 0.3) is 0 Å². The van der Waals surface area contributed by atoms with Crippen molar-refractivity contribution < 1.29 is 14.3 Å². The zero-order valence-corrected chi connectivity index (χ0v) is 14.1. The molecule has 0 aromatic heterocycles. The average molecular weight is 338 g/mol. The summed E-state index contributed by atoms with van der Waals surface area (Å²) in [7, 11) is 0. The van der Waals surface area contributed by atoms with Gasteiger partial charge in [0.15, 0.2) is 5.78 Å². The van der Waals surface area contributed by atoms with Gasteiger partial charge in [0, 0.05) is 30.9 Å². The number of rotatable bonds is 7. The summed E-state index contributed by atoms with van der Waals surface area (Å²) in [5.41, 5.74) is 2.45. The van der Waals surface area contributed by atoms with Crippen LogP contribution in [0.15, 0.2) is 48.5 Å². The fourth-order valence-corrected chi connectivity index (χ4v) is 3.30. The number of carbonyl (C=O) groups is 1. The summed E-state index contributed by atoms with van der Waals surface area (Å²) in [6.45, 7) is 3.08. The van der Waals surface area contributed by atoms with Crippen molar-refractivity contribution in [2.24, 2.45) is 0 Å². The van der Waals surface area contributed by atoms with E-state index in [2.05, 4.69) is 16.3 Å². The third-order valence-electron chi connectivity index (χ3n) is 4.58. The van der Waals surface area contributed by atoms with Crippen molar-refractivity contribution in [1.29, 1.82) is 0 Å². The Kier molecular flexibility index (Phi) is 4.57. The van der Waals surface area contributed by atoms with Crippen molar-refractivity contribution in [1.82, 2.24) is 4.90 Å². The van der Waals surface area contributed by atoms with Crippen LogP contribution in [-0.4, -0.2) is 49.6 Å². The molecule has 5 heteroatoms. The maximum atomic E-state index is 12.0. The highest BCUT2D eigenvalue weighted by Crippen LogP contribution is 2.32. The van der Waals surface area contributed by atoms with Gasteiger partial charge >= 0.3 is 0 Å². The molecule has 2 heterocycles. The third-order valence-corrected chi connectivity index (χ3v) is 4.58. The minimum Gasteiger partial charge on any atom is -0.487 e. The topological polar surface area (TPSA) is 50.8 Å². The molecule has 1 fully saturated rings. The number of hydrogen-bond donors (Lipinski definition) is 1. The number of ether oxygens (including phenoxy) is 2. The Morgan fingerprint density at radius 1 is 1.12 bits per heavy atom. The maximum absolute atomic E-state index is 12.0. The largest absolute Gasteiger partial charge is 0.487 e. The van der Waals surface area contributed by atoms with Crippen LogP contribution in [0, 0.1) is 0 Å². The van der Waals surface area contributed by atoms with Gasteiger partial charge in [-0.2, -0.15) is 0 Å². The molecule has 0 spiro atoms. The molecule has 0 bridgehead atoms. The van der Waals surface area contributed by atoms with Crippen LogP contribution in [0.5, 0.6) is 11.5 Å². The number of fused-ring (bicyclic) bond motifs is 1. The van der Waals surface area contributed by atoms with Crippen LogP contribution in [0.3, 0.4) is 0 Å². The molecular formula is C20H22N2O3. The van der Waals surface area contributed by atoms with Crippen LogP contribution in [0.1, 0.15) is 5.56 Å². The van der Waals surface area contributed by atoms with Gasteiger partial charge in [0.25, 0.3) is 0 Å². The molecule has 1 N–H and O–H groups in total. The molecule has 2 aromatic rings. The summed E-state index contributed by atoms with van der Waals surface area (Å²) >= 11 is 0. The fraction of sp³-hybridized carbons (Fsp3) is 0.350. The maximum Gasteiger partial charge on any atom is 0.184 e. The quantitative estimate of drug-likeness (QED) is 0.840. The fourth-order valence-electron chi connectivity index (χ4n) is 3.30.